The van der Waals surface area contributed by atoms with Crippen LogP contribution in [0.2, 0.25) is 5.02 Å². The van der Waals surface area contributed by atoms with Crippen LogP contribution in [0.25, 0.3) is 6.08 Å². The standard InChI is InChI=1S/C36H28ClNO6/c1-42-27-18-17-25(32(43-2)33(27)44-3)29-30(31(39)21-12-15-22(37)16-13-21)38-26-11-7-4-8-20(26)14-19-28(38)36(29)34(40)23-9-5-6-10-24(23)35(36)41/h4-19,28-30H,1-3H3/t28?,29-,30+/m0/s1. The summed E-state index contributed by atoms with van der Waals surface area (Å²) in [7, 11) is 4.51. The van der Waals surface area contributed by atoms with Gasteiger partial charge in [0, 0.05) is 38.9 Å². The summed E-state index contributed by atoms with van der Waals surface area (Å²) in [4.78, 5) is 46.6. The van der Waals surface area contributed by atoms with Crippen LogP contribution in [0.4, 0.5) is 5.69 Å². The van der Waals surface area contributed by atoms with E-state index in [2.05, 4.69) is 0 Å². The van der Waals surface area contributed by atoms with Crippen molar-refractivity contribution in [3.05, 3.63) is 124 Å². The van der Waals surface area contributed by atoms with Crippen LogP contribution in [0.5, 0.6) is 17.2 Å². The van der Waals surface area contributed by atoms with Crippen LogP contribution in [0.1, 0.15) is 48.1 Å². The van der Waals surface area contributed by atoms with Gasteiger partial charge in [0.05, 0.1) is 27.4 Å². The maximum Gasteiger partial charge on any atom is 0.203 e. The maximum absolute atomic E-state index is 14.9. The van der Waals surface area contributed by atoms with E-state index in [1.54, 1.807) is 60.7 Å². The molecule has 8 heteroatoms. The van der Waals surface area contributed by atoms with Crippen LogP contribution in [0.15, 0.2) is 91.0 Å². The highest BCUT2D eigenvalue weighted by Gasteiger charge is 2.72. The van der Waals surface area contributed by atoms with E-state index in [1.165, 1.54) is 21.3 Å². The molecule has 4 aromatic carbocycles. The molecular weight excluding hydrogens is 578 g/mol. The smallest absolute Gasteiger partial charge is 0.203 e. The summed E-state index contributed by atoms with van der Waals surface area (Å²) in [6.45, 7) is 0. The van der Waals surface area contributed by atoms with Gasteiger partial charge < -0.3 is 19.1 Å². The second kappa shape index (κ2) is 10.4. The number of hydrogen-bond acceptors (Lipinski definition) is 7. The molecule has 2 heterocycles. The highest BCUT2D eigenvalue weighted by Crippen LogP contribution is 2.63. The Balaban J connectivity index is 1.59. The quantitative estimate of drug-likeness (QED) is 0.179. The molecule has 1 aliphatic carbocycles. The predicted octanol–water partition coefficient (Wildman–Crippen LogP) is 6.68. The Morgan fingerprint density at radius 3 is 2.05 bits per heavy atom. The number of hydrogen-bond donors (Lipinski definition) is 0. The van der Waals surface area contributed by atoms with Gasteiger partial charge in [-0.15, -0.1) is 0 Å². The first-order chi connectivity index (χ1) is 21.4. The van der Waals surface area contributed by atoms with Crippen molar-refractivity contribution >= 4 is 40.7 Å². The Bertz CT molecular complexity index is 1850. The number of nitrogens with zero attached hydrogens (tertiary/aromatic N) is 1. The lowest BCUT2D eigenvalue weighted by atomic mass is 9.64. The highest BCUT2D eigenvalue weighted by molar-refractivity contribution is 6.32. The molecule has 0 bridgehead atoms. The van der Waals surface area contributed by atoms with E-state index in [9.17, 15) is 14.4 Å². The van der Waals surface area contributed by atoms with Gasteiger partial charge in [0.15, 0.2) is 28.8 Å². The monoisotopic (exact) mass is 605 g/mol. The summed E-state index contributed by atoms with van der Waals surface area (Å²) in [5.74, 6) is -0.886. The third-order valence-corrected chi connectivity index (χ3v) is 9.43. The number of ether oxygens (including phenoxy) is 3. The molecule has 0 amide bonds. The van der Waals surface area contributed by atoms with Gasteiger partial charge in [0.2, 0.25) is 5.75 Å². The summed E-state index contributed by atoms with van der Waals surface area (Å²) in [6.07, 6.45) is 3.82. The number of Topliss-reactive ketones (excluding diaryl/α,β-unsaturated/α-hetero) is 3. The molecule has 7 nitrogen and oxygen atoms in total. The molecule has 0 saturated carbocycles. The lowest BCUT2D eigenvalue weighted by molar-refractivity contribution is 0.0664. The van der Waals surface area contributed by atoms with E-state index in [-0.39, 0.29) is 17.3 Å². The van der Waals surface area contributed by atoms with Gasteiger partial charge in [0.25, 0.3) is 0 Å². The summed E-state index contributed by atoms with van der Waals surface area (Å²) < 4.78 is 17.3. The Morgan fingerprint density at radius 2 is 1.41 bits per heavy atom. The number of methoxy groups -OCH3 is 3. The minimum Gasteiger partial charge on any atom is -0.493 e. The Kier molecular flexibility index (Phi) is 6.59. The molecule has 1 spiro atoms. The summed E-state index contributed by atoms with van der Waals surface area (Å²) in [5.41, 5.74) is 1.53. The number of para-hydroxylation sites is 1. The largest absolute Gasteiger partial charge is 0.493 e. The highest BCUT2D eigenvalue weighted by atomic mass is 35.5. The summed E-state index contributed by atoms with van der Waals surface area (Å²) >= 11 is 6.21. The van der Waals surface area contributed by atoms with Gasteiger partial charge in [-0.1, -0.05) is 72.3 Å². The zero-order chi connectivity index (χ0) is 30.7. The molecule has 0 N–H and O–H groups in total. The van der Waals surface area contributed by atoms with Gasteiger partial charge in [-0.3, -0.25) is 14.4 Å². The first-order valence-corrected chi connectivity index (χ1v) is 14.6. The van der Waals surface area contributed by atoms with Gasteiger partial charge in [0.1, 0.15) is 11.5 Å². The molecule has 7 rings (SSSR count). The van der Waals surface area contributed by atoms with E-state index in [4.69, 9.17) is 25.8 Å². The number of rotatable bonds is 6. The normalized spacial score (nSPS) is 20.7. The zero-order valence-corrected chi connectivity index (χ0v) is 25.0. The first kappa shape index (κ1) is 27.9. The fourth-order valence-electron chi connectivity index (χ4n) is 7.41. The van der Waals surface area contributed by atoms with Crippen molar-refractivity contribution in [3.63, 3.8) is 0 Å². The number of ketones is 3. The number of benzene rings is 4. The van der Waals surface area contributed by atoms with E-state index in [0.717, 1.165) is 11.3 Å². The molecule has 1 fully saturated rings. The number of carbonyl (C=O) groups is 3. The molecule has 0 aromatic heterocycles. The average Bonchev–Trinajstić information content (AvgIpc) is 3.49. The molecule has 1 saturated heterocycles. The van der Waals surface area contributed by atoms with Crippen LogP contribution in [0, 0.1) is 5.41 Å². The number of halogens is 1. The number of carbonyl (C=O) groups excluding carboxylic acids is 3. The van der Waals surface area contributed by atoms with Crippen molar-refractivity contribution in [2.24, 2.45) is 5.41 Å². The molecule has 3 atom stereocenters. The molecule has 1 unspecified atom stereocenters. The minimum atomic E-state index is -1.69. The topological polar surface area (TPSA) is 82.1 Å². The first-order valence-electron chi connectivity index (χ1n) is 14.2. The van der Waals surface area contributed by atoms with Crippen molar-refractivity contribution in [1.82, 2.24) is 0 Å². The Labute approximate surface area is 259 Å². The second-order valence-electron chi connectivity index (χ2n) is 11.1. The van der Waals surface area contributed by atoms with Crippen LogP contribution in [-0.4, -0.2) is 50.8 Å². The summed E-state index contributed by atoms with van der Waals surface area (Å²) in [5, 5.41) is 0.489. The minimum absolute atomic E-state index is 0.257. The van der Waals surface area contributed by atoms with Gasteiger partial charge in [-0.2, -0.15) is 0 Å². The van der Waals surface area contributed by atoms with Crippen LogP contribution >= 0.6 is 11.6 Å². The predicted molar refractivity (Wildman–Crippen MR) is 168 cm³/mol. The molecule has 3 aliphatic rings. The van der Waals surface area contributed by atoms with Crippen LogP contribution in [-0.2, 0) is 0 Å². The van der Waals surface area contributed by atoms with Crippen molar-refractivity contribution in [2.75, 3.05) is 26.2 Å². The van der Waals surface area contributed by atoms with Crippen molar-refractivity contribution in [1.29, 1.82) is 0 Å². The lowest BCUT2D eigenvalue weighted by Gasteiger charge is -2.37. The Hall–Kier alpha value is -4.88. The molecule has 0 radical (unpaired) electrons. The SMILES string of the molecule is COc1ccc([C@H]2[C@H](C(=O)c3ccc(Cl)cc3)N3c4ccccc4C=CC3C23C(=O)c2ccccc2C3=O)c(OC)c1OC. The molecule has 220 valence electrons. The Morgan fingerprint density at radius 1 is 0.773 bits per heavy atom. The van der Waals surface area contributed by atoms with Crippen molar-refractivity contribution in [3.8, 4) is 17.2 Å². The average molecular weight is 606 g/mol. The van der Waals surface area contributed by atoms with E-state index >= 15 is 0 Å². The fourth-order valence-corrected chi connectivity index (χ4v) is 7.54. The molecule has 4 aromatic rings. The lowest BCUT2D eigenvalue weighted by Crippen LogP contribution is -2.48. The molecular formula is C36H28ClNO6. The van der Waals surface area contributed by atoms with Crippen LogP contribution < -0.4 is 19.1 Å². The fraction of sp³-hybridized carbons (Fsp3) is 0.194. The number of anilines is 1. The van der Waals surface area contributed by atoms with Crippen LogP contribution in [0.3, 0.4) is 0 Å². The zero-order valence-electron chi connectivity index (χ0n) is 24.2. The summed E-state index contributed by atoms with van der Waals surface area (Å²) in [6, 6.07) is 23.0. The third-order valence-electron chi connectivity index (χ3n) is 9.18. The maximum atomic E-state index is 14.9. The van der Waals surface area contributed by atoms with Gasteiger partial charge >= 0.3 is 0 Å². The van der Waals surface area contributed by atoms with E-state index < -0.39 is 23.4 Å². The number of fused-ring (bicyclic) bond motifs is 5. The van der Waals surface area contributed by atoms with Crippen molar-refractivity contribution < 1.29 is 28.6 Å². The van der Waals surface area contributed by atoms with Crippen molar-refractivity contribution in [2.45, 2.75) is 18.0 Å². The molecule has 44 heavy (non-hydrogen) atoms. The third kappa shape index (κ3) is 3.65. The second-order valence-corrected chi connectivity index (χ2v) is 11.5. The van der Waals surface area contributed by atoms with Gasteiger partial charge in [-0.05, 0) is 42.0 Å². The van der Waals surface area contributed by atoms with Gasteiger partial charge in [-0.25, -0.2) is 0 Å². The van der Waals surface area contributed by atoms with E-state index in [0.29, 0.717) is 44.5 Å². The van der Waals surface area contributed by atoms with E-state index in [1.807, 2.05) is 41.3 Å². The molecule has 2 aliphatic heterocycles.